The summed E-state index contributed by atoms with van der Waals surface area (Å²) in [5, 5.41) is 27.8. The van der Waals surface area contributed by atoms with Crippen LogP contribution in [0.2, 0.25) is 0 Å². The molecule has 0 saturated carbocycles. The molecule has 29 heavy (non-hydrogen) atoms. The maximum absolute atomic E-state index is 12.2. The molecule has 0 atom stereocenters. The smallest absolute Gasteiger partial charge is 0.396 e. The minimum absolute atomic E-state index is 0.0208. The molecule has 11 heteroatoms. The van der Waals surface area contributed by atoms with Crippen molar-refractivity contribution >= 4 is 25.3 Å². The maximum atomic E-state index is 12.2. The molecule has 0 aliphatic rings. The first kappa shape index (κ1) is 31.0. The summed E-state index contributed by atoms with van der Waals surface area (Å²) in [5.41, 5.74) is -1.05. The van der Waals surface area contributed by atoms with Crippen LogP contribution in [0, 0.1) is 5.41 Å². The fourth-order valence-corrected chi connectivity index (χ4v) is 3.81. The molecule has 0 amide bonds. The third-order valence-electron chi connectivity index (χ3n) is 4.71. The normalized spacial score (nSPS) is 12.0. The summed E-state index contributed by atoms with van der Waals surface area (Å²) in [7, 11) is -4.14. The number of hydrogen-bond acceptors (Lipinski definition) is 9. The van der Waals surface area contributed by atoms with Crippen molar-refractivity contribution < 1.29 is 43.7 Å². The average molecular weight is 459 g/mol. The lowest BCUT2D eigenvalue weighted by molar-refractivity contribution is -0.173. The Labute approximate surface area is 178 Å². The Kier molecular flexibility index (Phi) is 21.1. The summed E-state index contributed by atoms with van der Waals surface area (Å²) in [6.45, 7) is 1.53. The molecule has 9 nitrogen and oxygen atoms in total. The minimum atomic E-state index is -4.34. The number of carbonyl (C=O) groups excluding carboxylic acids is 1. The first-order valence-electron chi connectivity index (χ1n) is 10.5. The molecule has 0 bridgehead atoms. The highest BCUT2D eigenvalue weighted by molar-refractivity contribution is 6.48. The summed E-state index contributed by atoms with van der Waals surface area (Å²) in [5.74, 6) is -0.0612. The van der Waals surface area contributed by atoms with Gasteiger partial charge in [-0.05, 0) is 19.3 Å². The van der Waals surface area contributed by atoms with Gasteiger partial charge in [-0.3, -0.25) is 4.79 Å². The largest absolute Gasteiger partial charge is 0.698 e. The highest BCUT2D eigenvalue weighted by atomic mass is 28.4. The standard InChI is InChI=1S/C18H36O4.H6O5Si2/c1-2-3-4-5-6-7-8-9-10-12-17(22)18(15-20,16-21)13-11-14-19;1-7(2,3)5-4-6/h19-21H,2-16H2,1H3;1-3H,6H3. The average Bonchev–Trinajstić information content (AvgIpc) is 2.67. The quantitative estimate of drug-likeness (QED) is 0.0711. The zero-order valence-electron chi connectivity index (χ0n) is 18.0. The molecular weight excluding hydrogens is 416 g/mol. The van der Waals surface area contributed by atoms with Gasteiger partial charge in [0.25, 0.3) is 0 Å². The molecule has 0 spiro atoms. The maximum Gasteiger partial charge on any atom is 0.698 e. The molecule has 6 N–H and O–H groups in total. The lowest BCUT2D eigenvalue weighted by Gasteiger charge is -2.28. The topological polar surface area (TPSA) is 157 Å². The zero-order chi connectivity index (χ0) is 22.6. The molecule has 0 saturated heterocycles. The second-order valence-corrected chi connectivity index (χ2v) is 8.90. The van der Waals surface area contributed by atoms with E-state index in [-0.39, 0.29) is 36.1 Å². The van der Waals surface area contributed by atoms with Crippen molar-refractivity contribution in [2.45, 2.75) is 84.0 Å². The van der Waals surface area contributed by atoms with E-state index in [4.69, 9.17) is 19.5 Å². The third-order valence-corrected chi connectivity index (χ3v) is 5.60. The number of aliphatic hydroxyl groups is 3. The van der Waals surface area contributed by atoms with E-state index in [1.54, 1.807) is 0 Å². The van der Waals surface area contributed by atoms with Gasteiger partial charge in [-0.15, -0.1) is 0 Å². The number of rotatable bonds is 18. The zero-order valence-corrected chi connectivity index (χ0v) is 21.0. The van der Waals surface area contributed by atoms with Gasteiger partial charge in [0.2, 0.25) is 0 Å². The lowest BCUT2D eigenvalue weighted by atomic mass is 9.78. The summed E-state index contributed by atoms with van der Waals surface area (Å²) in [6.07, 6.45) is 12.0. The Morgan fingerprint density at radius 1 is 0.862 bits per heavy atom. The molecule has 176 valence electrons. The van der Waals surface area contributed by atoms with Crippen LogP contribution in [0.3, 0.4) is 0 Å². The van der Waals surface area contributed by atoms with Crippen LogP contribution in [0.1, 0.15) is 84.0 Å². The second-order valence-electron chi connectivity index (χ2n) is 7.25. The highest BCUT2D eigenvalue weighted by Gasteiger charge is 2.35. The molecule has 0 aromatic heterocycles. The van der Waals surface area contributed by atoms with E-state index < -0.39 is 14.5 Å². The SMILES string of the molecule is CCCCCCCCCCCC(=O)C(CO)(CO)CCCO.O[Si](O)(O)OO[SiH3]. The Hall–Kier alpha value is -0.216. The molecule has 0 heterocycles. The van der Waals surface area contributed by atoms with E-state index in [9.17, 15) is 15.0 Å². The predicted molar refractivity (Wildman–Crippen MR) is 114 cm³/mol. The van der Waals surface area contributed by atoms with Crippen LogP contribution in [0.5, 0.6) is 0 Å². The van der Waals surface area contributed by atoms with Crippen LogP contribution < -0.4 is 0 Å². The number of carbonyl (C=O) groups is 1. The summed E-state index contributed by atoms with van der Waals surface area (Å²) >= 11 is 0. The van der Waals surface area contributed by atoms with Gasteiger partial charge in [-0.2, -0.15) is 0 Å². The molecule has 0 aromatic carbocycles. The second kappa shape index (κ2) is 19.7. The van der Waals surface area contributed by atoms with Crippen molar-refractivity contribution in [2.24, 2.45) is 5.41 Å². The first-order chi connectivity index (χ1) is 13.7. The molecule has 0 unspecified atom stereocenters. The van der Waals surface area contributed by atoms with Gasteiger partial charge in [-0.25, -0.2) is 4.58 Å². The van der Waals surface area contributed by atoms with E-state index >= 15 is 0 Å². The molecule has 0 rings (SSSR count). The van der Waals surface area contributed by atoms with Gasteiger partial charge in [0.1, 0.15) is 5.78 Å². The van der Waals surface area contributed by atoms with Gasteiger partial charge >= 0.3 is 9.05 Å². The Balaban J connectivity index is 0. The van der Waals surface area contributed by atoms with Gasteiger partial charge in [0.15, 0.2) is 10.5 Å². The minimum Gasteiger partial charge on any atom is -0.396 e. The van der Waals surface area contributed by atoms with Gasteiger partial charge in [-0.1, -0.05) is 58.3 Å². The monoisotopic (exact) mass is 458 g/mol. The Morgan fingerprint density at radius 2 is 1.34 bits per heavy atom. The van der Waals surface area contributed by atoms with Crippen LogP contribution >= 0.6 is 0 Å². The molecular formula is C18H42O9Si2. The number of aliphatic hydroxyl groups excluding tert-OH is 3. The molecule has 0 fully saturated rings. The summed E-state index contributed by atoms with van der Waals surface area (Å²) in [6, 6.07) is 0. The summed E-state index contributed by atoms with van der Waals surface area (Å²) < 4.78 is 7.45. The van der Waals surface area contributed by atoms with Crippen molar-refractivity contribution in [2.75, 3.05) is 19.8 Å². The number of hydrogen-bond donors (Lipinski definition) is 6. The highest BCUT2D eigenvalue weighted by Crippen LogP contribution is 2.27. The number of ketones is 1. The van der Waals surface area contributed by atoms with Crippen LogP contribution in [-0.4, -0.2) is 74.8 Å². The van der Waals surface area contributed by atoms with Crippen molar-refractivity contribution in [3.63, 3.8) is 0 Å². The van der Waals surface area contributed by atoms with E-state index in [1.165, 1.54) is 38.5 Å². The van der Waals surface area contributed by atoms with Crippen molar-refractivity contribution in [1.82, 2.24) is 0 Å². The van der Waals surface area contributed by atoms with Crippen LogP contribution in [0.4, 0.5) is 0 Å². The van der Waals surface area contributed by atoms with Crippen molar-refractivity contribution in [3.8, 4) is 0 Å². The van der Waals surface area contributed by atoms with Gasteiger partial charge in [0, 0.05) is 13.0 Å². The van der Waals surface area contributed by atoms with Crippen LogP contribution in [-0.2, 0) is 13.9 Å². The molecule has 0 aromatic rings. The van der Waals surface area contributed by atoms with Crippen molar-refractivity contribution in [1.29, 1.82) is 0 Å². The lowest BCUT2D eigenvalue weighted by Crippen LogP contribution is -2.38. The third kappa shape index (κ3) is 18.3. The number of unbranched alkanes of at least 4 members (excludes halogenated alkanes) is 8. The van der Waals surface area contributed by atoms with E-state index in [0.29, 0.717) is 19.3 Å². The van der Waals surface area contributed by atoms with E-state index in [0.717, 1.165) is 19.3 Å². The Morgan fingerprint density at radius 3 is 1.69 bits per heavy atom. The first-order valence-corrected chi connectivity index (χ1v) is 13.0. The van der Waals surface area contributed by atoms with Gasteiger partial charge < -0.3 is 34.3 Å². The predicted octanol–water partition coefficient (Wildman–Crippen LogP) is -0.153. The fraction of sp³-hybridized carbons (Fsp3) is 0.944. The Bertz CT molecular complexity index is 375. The van der Waals surface area contributed by atoms with E-state index in [2.05, 4.69) is 16.1 Å². The summed E-state index contributed by atoms with van der Waals surface area (Å²) in [4.78, 5) is 36.1. The molecule has 0 radical (unpaired) electrons. The van der Waals surface area contributed by atoms with Gasteiger partial charge in [0.05, 0.1) is 18.6 Å². The van der Waals surface area contributed by atoms with Crippen molar-refractivity contribution in [3.05, 3.63) is 0 Å². The van der Waals surface area contributed by atoms with E-state index in [1.807, 2.05) is 0 Å². The van der Waals surface area contributed by atoms with Crippen LogP contribution in [0.15, 0.2) is 0 Å². The molecule has 0 aliphatic carbocycles. The fourth-order valence-electron chi connectivity index (χ4n) is 2.91. The van der Waals surface area contributed by atoms with Crippen LogP contribution in [0.25, 0.3) is 0 Å². The number of Topliss-reactive ketones (excluding diaryl/α,β-unsaturated/α-hetero) is 1. The molecule has 0 aliphatic heterocycles.